The van der Waals surface area contributed by atoms with Gasteiger partial charge in [0, 0.05) is 19.0 Å². The summed E-state index contributed by atoms with van der Waals surface area (Å²) in [6, 6.07) is 6.33. The number of piperidine rings is 1. The summed E-state index contributed by atoms with van der Waals surface area (Å²) < 4.78 is 1.72. The monoisotopic (exact) mass is 292 g/mol. The summed E-state index contributed by atoms with van der Waals surface area (Å²) in [4.78, 5) is 7.14. The molecule has 4 nitrogen and oxygen atoms in total. The number of likely N-dealkylation sites (tertiary alicyclic amines) is 1. The van der Waals surface area contributed by atoms with Crippen molar-refractivity contribution in [2.45, 2.75) is 39.2 Å². The van der Waals surface area contributed by atoms with Crippen LogP contribution in [-0.2, 0) is 6.42 Å². The summed E-state index contributed by atoms with van der Waals surface area (Å²) in [5.74, 6) is 1.57. The van der Waals surface area contributed by atoms with Gasteiger partial charge in [-0.15, -0.1) is 5.10 Å². The molecule has 1 aliphatic heterocycles. The number of halogens is 1. The molecule has 1 aliphatic rings. The zero-order valence-corrected chi connectivity index (χ0v) is 12.8. The third-order valence-corrected chi connectivity index (χ3v) is 4.40. The molecule has 2 aromatic rings. The molecule has 0 spiro atoms. The predicted octanol–water partition coefficient (Wildman–Crippen LogP) is 3.05. The van der Waals surface area contributed by atoms with Gasteiger partial charge in [-0.1, -0.05) is 17.7 Å². The lowest BCUT2D eigenvalue weighted by atomic mass is 9.94. The van der Waals surface area contributed by atoms with E-state index < -0.39 is 0 Å². The first-order chi connectivity index (χ1) is 9.63. The molecular weight excluding hydrogens is 272 g/mol. The van der Waals surface area contributed by atoms with Gasteiger partial charge >= 0.3 is 0 Å². The van der Waals surface area contributed by atoms with Gasteiger partial charge in [-0.05, 0) is 51.3 Å². The lowest BCUT2D eigenvalue weighted by molar-refractivity contribution is 0.138. The summed E-state index contributed by atoms with van der Waals surface area (Å²) in [5, 5.41) is 5.15. The fourth-order valence-electron chi connectivity index (χ4n) is 3.00. The quantitative estimate of drug-likeness (QED) is 0.815. The molecule has 0 radical (unpaired) electrons. The largest absolute Gasteiger partial charge is 0.301 e. The molecule has 0 bridgehead atoms. The Balaban J connectivity index is 1.74. The molecule has 2 aromatic heterocycles. The van der Waals surface area contributed by atoms with Crippen LogP contribution in [-0.4, -0.2) is 38.6 Å². The van der Waals surface area contributed by atoms with Gasteiger partial charge in [-0.25, -0.2) is 9.50 Å². The number of aromatic nitrogens is 3. The highest BCUT2D eigenvalue weighted by atomic mass is 35.5. The molecule has 20 heavy (non-hydrogen) atoms. The highest BCUT2D eigenvalue weighted by Gasteiger charge is 2.23. The standard InChI is InChI=1S/C15H21ClN4/c1-11(2)19-8-4-5-12(10-19)9-14-17-15-7-3-6-13(16)20(15)18-14/h3,6-7,11-12H,4-5,8-10H2,1-2H3. The molecule has 0 saturated carbocycles. The summed E-state index contributed by atoms with van der Waals surface area (Å²) in [5.41, 5.74) is 0.837. The predicted molar refractivity (Wildman–Crippen MR) is 81.1 cm³/mol. The Morgan fingerprint density at radius 2 is 2.25 bits per heavy atom. The Morgan fingerprint density at radius 3 is 3.00 bits per heavy atom. The van der Waals surface area contributed by atoms with Crippen LogP contribution in [0.3, 0.4) is 0 Å². The zero-order valence-electron chi connectivity index (χ0n) is 12.1. The minimum atomic E-state index is 0.619. The fraction of sp³-hybridized carbons (Fsp3) is 0.600. The lowest BCUT2D eigenvalue weighted by Crippen LogP contribution is -2.40. The van der Waals surface area contributed by atoms with Crippen molar-refractivity contribution >= 4 is 17.2 Å². The van der Waals surface area contributed by atoms with Crippen LogP contribution in [0.25, 0.3) is 5.65 Å². The maximum atomic E-state index is 6.13. The highest BCUT2D eigenvalue weighted by Crippen LogP contribution is 2.22. The molecule has 0 amide bonds. The van der Waals surface area contributed by atoms with Gasteiger partial charge in [0.2, 0.25) is 0 Å². The van der Waals surface area contributed by atoms with E-state index in [1.165, 1.54) is 19.4 Å². The van der Waals surface area contributed by atoms with Crippen molar-refractivity contribution in [2.24, 2.45) is 5.92 Å². The third-order valence-electron chi connectivity index (χ3n) is 4.11. The number of fused-ring (bicyclic) bond motifs is 1. The lowest BCUT2D eigenvalue weighted by Gasteiger charge is -2.35. The second kappa shape index (κ2) is 5.70. The second-order valence-electron chi connectivity index (χ2n) is 5.95. The van der Waals surface area contributed by atoms with E-state index in [2.05, 4.69) is 28.8 Å². The van der Waals surface area contributed by atoms with Crippen LogP contribution in [0.15, 0.2) is 18.2 Å². The Hall–Kier alpha value is -1.13. The Labute approximate surface area is 124 Å². The van der Waals surface area contributed by atoms with Crippen molar-refractivity contribution in [3.8, 4) is 0 Å². The summed E-state index contributed by atoms with van der Waals surface area (Å²) in [7, 11) is 0. The van der Waals surface area contributed by atoms with Gasteiger partial charge in [0.1, 0.15) is 5.15 Å². The van der Waals surface area contributed by atoms with Gasteiger partial charge in [-0.3, -0.25) is 0 Å². The minimum Gasteiger partial charge on any atom is -0.301 e. The molecule has 3 rings (SSSR count). The van der Waals surface area contributed by atoms with E-state index in [9.17, 15) is 0 Å². The maximum absolute atomic E-state index is 6.13. The highest BCUT2D eigenvalue weighted by molar-refractivity contribution is 6.29. The number of nitrogens with zero attached hydrogens (tertiary/aromatic N) is 4. The van der Waals surface area contributed by atoms with Gasteiger partial charge in [-0.2, -0.15) is 0 Å². The molecule has 5 heteroatoms. The molecular formula is C15H21ClN4. The molecule has 3 heterocycles. The van der Waals surface area contributed by atoms with Crippen LogP contribution in [0.5, 0.6) is 0 Å². The molecule has 1 fully saturated rings. The van der Waals surface area contributed by atoms with Crippen LogP contribution in [0, 0.1) is 5.92 Å². The zero-order chi connectivity index (χ0) is 14.1. The summed E-state index contributed by atoms with van der Waals surface area (Å²) >= 11 is 6.13. The van der Waals surface area contributed by atoms with E-state index in [1.54, 1.807) is 4.52 Å². The van der Waals surface area contributed by atoms with Gasteiger partial charge in [0.15, 0.2) is 11.5 Å². The first-order valence-electron chi connectivity index (χ1n) is 7.37. The molecule has 0 N–H and O–H groups in total. The first-order valence-corrected chi connectivity index (χ1v) is 7.75. The molecule has 108 valence electrons. The fourth-order valence-corrected chi connectivity index (χ4v) is 3.19. The Bertz CT molecular complexity index is 593. The van der Waals surface area contributed by atoms with E-state index >= 15 is 0 Å². The molecule has 0 aromatic carbocycles. The molecule has 0 aliphatic carbocycles. The van der Waals surface area contributed by atoms with Crippen molar-refractivity contribution in [3.63, 3.8) is 0 Å². The van der Waals surface area contributed by atoms with Gasteiger partial charge in [0.25, 0.3) is 0 Å². The normalized spacial score (nSPS) is 20.9. The average Bonchev–Trinajstić information content (AvgIpc) is 2.83. The van der Waals surface area contributed by atoms with E-state index in [4.69, 9.17) is 11.6 Å². The number of hydrogen-bond donors (Lipinski definition) is 0. The van der Waals surface area contributed by atoms with E-state index in [-0.39, 0.29) is 0 Å². The SMILES string of the molecule is CC(C)N1CCCC(Cc2nc3cccc(Cl)n3n2)C1. The van der Waals surface area contributed by atoms with Crippen molar-refractivity contribution < 1.29 is 0 Å². The summed E-state index contributed by atoms with van der Waals surface area (Å²) in [6.07, 6.45) is 3.49. The Morgan fingerprint density at radius 1 is 1.40 bits per heavy atom. The van der Waals surface area contributed by atoms with Crippen LogP contribution >= 0.6 is 11.6 Å². The van der Waals surface area contributed by atoms with E-state index in [0.717, 1.165) is 24.4 Å². The number of hydrogen-bond acceptors (Lipinski definition) is 3. The van der Waals surface area contributed by atoms with Crippen LogP contribution < -0.4 is 0 Å². The number of pyridine rings is 1. The second-order valence-corrected chi connectivity index (χ2v) is 6.33. The Kier molecular flexibility index (Phi) is 3.94. The van der Waals surface area contributed by atoms with Crippen molar-refractivity contribution in [1.29, 1.82) is 0 Å². The average molecular weight is 293 g/mol. The van der Waals surface area contributed by atoms with E-state index in [1.807, 2.05) is 18.2 Å². The summed E-state index contributed by atoms with van der Waals surface area (Å²) in [6.45, 7) is 6.91. The maximum Gasteiger partial charge on any atom is 0.157 e. The third kappa shape index (κ3) is 2.81. The van der Waals surface area contributed by atoms with Crippen LogP contribution in [0.2, 0.25) is 5.15 Å². The number of rotatable bonds is 3. The van der Waals surface area contributed by atoms with Crippen molar-refractivity contribution in [1.82, 2.24) is 19.5 Å². The molecule has 1 atom stereocenters. The van der Waals surface area contributed by atoms with Gasteiger partial charge in [0.05, 0.1) is 0 Å². The topological polar surface area (TPSA) is 33.4 Å². The van der Waals surface area contributed by atoms with Crippen LogP contribution in [0.4, 0.5) is 0 Å². The molecule has 1 saturated heterocycles. The van der Waals surface area contributed by atoms with Crippen molar-refractivity contribution in [2.75, 3.05) is 13.1 Å². The first kappa shape index (κ1) is 13.8. The van der Waals surface area contributed by atoms with Crippen LogP contribution in [0.1, 0.15) is 32.5 Å². The van der Waals surface area contributed by atoms with Gasteiger partial charge < -0.3 is 4.90 Å². The minimum absolute atomic E-state index is 0.619. The van der Waals surface area contributed by atoms with Crippen molar-refractivity contribution in [3.05, 3.63) is 29.2 Å². The smallest absolute Gasteiger partial charge is 0.157 e. The van der Waals surface area contributed by atoms with E-state index in [0.29, 0.717) is 17.1 Å². The molecule has 1 unspecified atom stereocenters.